The van der Waals surface area contributed by atoms with Crippen LogP contribution in [0.3, 0.4) is 0 Å². The summed E-state index contributed by atoms with van der Waals surface area (Å²) in [6.07, 6.45) is 0. The lowest BCUT2D eigenvalue weighted by atomic mass is 10.1. The van der Waals surface area contributed by atoms with E-state index in [0.29, 0.717) is 0 Å². The van der Waals surface area contributed by atoms with Gasteiger partial charge in [0.1, 0.15) is 0 Å². The fourth-order valence-corrected chi connectivity index (χ4v) is 2.22. The molecular formula is C13H15NS. The van der Waals surface area contributed by atoms with Gasteiger partial charge in [-0.2, -0.15) is 11.3 Å². The third kappa shape index (κ3) is 2.67. The van der Waals surface area contributed by atoms with Crippen LogP contribution in [0.5, 0.6) is 0 Å². The molecule has 0 aliphatic heterocycles. The molecule has 2 aromatic rings. The van der Waals surface area contributed by atoms with E-state index >= 15 is 0 Å². The predicted molar refractivity (Wildman–Crippen MR) is 67.1 cm³/mol. The zero-order valence-electron chi connectivity index (χ0n) is 8.86. The van der Waals surface area contributed by atoms with Crippen LogP contribution < -0.4 is 5.32 Å². The Balaban J connectivity index is 2.19. The van der Waals surface area contributed by atoms with E-state index in [1.807, 2.05) is 0 Å². The normalized spacial score (nSPS) is 10.5. The van der Waals surface area contributed by atoms with E-state index < -0.39 is 0 Å². The second-order valence-electron chi connectivity index (χ2n) is 3.49. The minimum Gasteiger partial charge on any atom is -0.313 e. The quantitative estimate of drug-likeness (QED) is 0.826. The van der Waals surface area contributed by atoms with Gasteiger partial charge in [-0.05, 0) is 46.1 Å². The fourth-order valence-electron chi connectivity index (χ4n) is 1.56. The highest BCUT2D eigenvalue weighted by atomic mass is 32.1. The van der Waals surface area contributed by atoms with Crippen LogP contribution in [0, 0.1) is 0 Å². The first-order chi connectivity index (χ1) is 7.40. The summed E-state index contributed by atoms with van der Waals surface area (Å²) in [6.45, 7) is 4.10. The number of thiophene rings is 1. The van der Waals surface area contributed by atoms with Crippen molar-refractivity contribution in [1.82, 2.24) is 5.32 Å². The summed E-state index contributed by atoms with van der Waals surface area (Å²) in [5, 5.41) is 7.64. The van der Waals surface area contributed by atoms with Gasteiger partial charge in [0, 0.05) is 6.54 Å². The molecular weight excluding hydrogens is 202 g/mol. The maximum atomic E-state index is 3.34. The van der Waals surface area contributed by atoms with Gasteiger partial charge in [0.15, 0.2) is 0 Å². The van der Waals surface area contributed by atoms with Gasteiger partial charge in [-0.25, -0.2) is 0 Å². The maximum Gasteiger partial charge on any atom is 0.0205 e. The highest BCUT2D eigenvalue weighted by molar-refractivity contribution is 7.08. The van der Waals surface area contributed by atoms with Crippen LogP contribution >= 0.6 is 11.3 Å². The first kappa shape index (κ1) is 10.4. The molecule has 1 aromatic heterocycles. The lowest BCUT2D eigenvalue weighted by Gasteiger charge is -2.04. The Labute approximate surface area is 94.8 Å². The first-order valence-corrected chi connectivity index (χ1v) is 6.16. The SMILES string of the molecule is CCNCc1cccc(-c2ccsc2)c1. The van der Waals surface area contributed by atoms with Gasteiger partial charge in [0.25, 0.3) is 0 Å². The highest BCUT2D eigenvalue weighted by Crippen LogP contribution is 2.22. The Hall–Kier alpha value is -1.12. The molecule has 2 rings (SSSR count). The number of rotatable bonds is 4. The molecule has 2 heteroatoms. The van der Waals surface area contributed by atoms with Crippen LogP contribution in [0.2, 0.25) is 0 Å². The Morgan fingerprint density at radius 1 is 1.20 bits per heavy atom. The monoisotopic (exact) mass is 217 g/mol. The van der Waals surface area contributed by atoms with Crippen molar-refractivity contribution in [2.45, 2.75) is 13.5 Å². The van der Waals surface area contributed by atoms with E-state index in [-0.39, 0.29) is 0 Å². The number of hydrogen-bond acceptors (Lipinski definition) is 2. The summed E-state index contributed by atoms with van der Waals surface area (Å²) in [6, 6.07) is 10.9. The second kappa shape index (κ2) is 5.10. The fraction of sp³-hybridized carbons (Fsp3) is 0.231. The minimum atomic E-state index is 0.953. The van der Waals surface area contributed by atoms with Crippen molar-refractivity contribution >= 4 is 11.3 Å². The molecule has 0 aliphatic carbocycles. The molecule has 0 radical (unpaired) electrons. The van der Waals surface area contributed by atoms with Crippen LogP contribution in [0.15, 0.2) is 41.1 Å². The molecule has 0 aliphatic rings. The van der Waals surface area contributed by atoms with Gasteiger partial charge in [0.2, 0.25) is 0 Å². The van der Waals surface area contributed by atoms with Crippen molar-refractivity contribution in [2.75, 3.05) is 6.54 Å². The zero-order valence-corrected chi connectivity index (χ0v) is 9.68. The number of benzene rings is 1. The van der Waals surface area contributed by atoms with Crippen LogP contribution in [0.1, 0.15) is 12.5 Å². The van der Waals surface area contributed by atoms with Crippen molar-refractivity contribution in [1.29, 1.82) is 0 Å². The van der Waals surface area contributed by atoms with Crippen molar-refractivity contribution in [3.8, 4) is 11.1 Å². The van der Waals surface area contributed by atoms with Gasteiger partial charge in [-0.1, -0.05) is 25.1 Å². The van der Waals surface area contributed by atoms with Crippen LogP contribution in [0.25, 0.3) is 11.1 Å². The molecule has 0 spiro atoms. The maximum absolute atomic E-state index is 3.34. The van der Waals surface area contributed by atoms with Gasteiger partial charge in [-0.3, -0.25) is 0 Å². The van der Waals surface area contributed by atoms with Gasteiger partial charge in [0.05, 0.1) is 0 Å². The molecule has 0 saturated heterocycles. The molecule has 1 N–H and O–H groups in total. The van der Waals surface area contributed by atoms with Crippen molar-refractivity contribution in [2.24, 2.45) is 0 Å². The first-order valence-electron chi connectivity index (χ1n) is 5.22. The Morgan fingerprint density at radius 2 is 2.13 bits per heavy atom. The topological polar surface area (TPSA) is 12.0 Å². The average molecular weight is 217 g/mol. The molecule has 1 heterocycles. The lowest BCUT2D eigenvalue weighted by Crippen LogP contribution is -2.11. The zero-order chi connectivity index (χ0) is 10.5. The average Bonchev–Trinajstić information content (AvgIpc) is 2.80. The summed E-state index contributed by atoms with van der Waals surface area (Å²) in [4.78, 5) is 0. The van der Waals surface area contributed by atoms with E-state index in [9.17, 15) is 0 Å². The molecule has 0 fully saturated rings. The third-order valence-electron chi connectivity index (χ3n) is 2.36. The highest BCUT2D eigenvalue weighted by Gasteiger charge is 1.98. The lowest BCUT2D eigenvalue weighted by molar-refractivity contribution is 0.727. The van der Waals surface area contributed by atoms with Gasteiger partial charge in [-0.15, -0.1) is 0 Å². The summed E-state index contributed by atoms with van der Waals surface area (Å²) in [5.74, 6) is 0. The number of nitrogens with one attached hydrogen (secondary N) is 1. The van der Waals surface area contributed by atoms with E-state index in [2.05, 4.69) is 53.3 Å². The Kier molecular flexibility index (Phi) is 3.54. The van der Waals surface area contributed by atoms with Crippen molar-refractivity contribution in [3.63, 3.8) is 0 Å². The molecule has 0 bridgehead atoms. The molecule has 0 saturated carbocycles. The van der Waals surface area contributed by atoms with Crippen LogP contribution in [-0.4, -0.2) is 6.54 Å². The van der Waals surface area contributed by atoms with E-state index in [0.717, 1.165) is 13.1 Å². The summed E-state index contributed by atoms with van der Waals surface area (Å²) in [5.41, 5.74) is 3.98. The molecule has 1 aromatic carbocycles. The second-order valence-corrected chi connectivity index (χ2v) is 4.27. The largest absolute Gasteiger partial charge is 0.313 e. The molecule has 0 unspecified atom stereocenters. The van der Waals surface area contributed by atoms with E-state index in [1.54, 1.807) is 11.3 Å². The molecule has 78 valence electrons. The van der Waals surface area contributed by atoms with Crippen molar-refractivity contribution in [3.05, 3.63) is 46.7 Å². The predicted octanol–water partition coefficient (Wildman–Crippen LogP) is 3.52. The summed E-state index contributed by atoms with van der Waals surface area (Å²) in [7, 11) is 0. The molecule has 0 amide bonds. The van der Waals surface area contributed by atoms with Gasteiger partial charge < -0.3 is 5.32 Å². The summed E-state index contributed by atoms with van der Waals surface area (Å²) < 4.78 is 0. The molecule has 15 heavy (non-hydrogen) atoms. The minimum absolute atomic E-state index is 0.953. The van der Waals surface area contributed by atoms with Crippen LogP contribution in [-0.2, 0) is 6.54 Å². The standard InChI is InChI=1S/C13H15NS/c1-2-14-9-11-4-3-5-12(8-11)13-6-7-15-10-13/h3-8,10,14H,2,9H2,1H3. The molecule has 1 nitrogen and oxygen atoms in total. The van der Waals surface area contributed by atoms with E-state index in [4.69, 9.17) is 0 Å². The Morgan fingerprint density at radius 3 is 2.87 bits per heavy atom. The third-order valence-corrected chi connectivity index (χ3v) is 3.04. The van der Waals surface area contributed by atoms with Crippen molar-refractivity contribution < 1.29 is 0 Å². The smallest absolute Gasteiger partial charge is 0.0205 e. The number of hydrogen-bond donors (Lipinski definition) is 1. The van der Waals surface area contributed by atoms with Crippen LogP contribution in [0.4, 0.5) is 0 Å². The van der Waals surface area contributed by atoms with E-state index in [1.165, 1.54) is 16.7 Å². The summed E-state index contributed by atoms with van der Waals surface area (Å²) >= 11 is 1.74. The van der Waals surface area contributed by atoms with Gasteiger partial charge >= 0.3 is 0 Å². The molecule has 0 atom stereocenters. The Bertz CT molecular complexity index is 406.